The fourth-order valence-electron chi connectivity index (χ4n) is 1.63. The first kappa shape index (κ1) is 15.4. The van der Waals surface area contributed by atoms with Crippen LogP contribution in [0.25, 0.3) is 0 Å². The number of hydrogen-bond acceptors (Lipinski definition) is 4. The highest BCUT2D eigenvalue weighted by Gasteiger charge is 2.32. The fraction of sp³-hybridized carbons (Fsp3) is 0.733. The van der Waals surface area contributed by atoms with Crippen molar-refractivity contribution in [1.82, 2.24) is 5.16 Å². The van der Waals surface area contributed by atoms with Crippen molar-refractivity contribution in [2.24, 2.45) is 5.92 Å². The molecule has 1 heterocycles. The molecule has 0 aliphatic heterocycles. The molecule has 1 amide bonds. The van der Waals surface area contributed by atoms with E-state index in [-0.39, 0.29) is 11.3 Å². The van der Waals surface area contributed by atoms with Gasteiger partial charge in [-0.15, -0.1) is 11.8 Å². The maximum absolute atomic E-state index is 12.3. The van der Waals surface area contributed by atoms with Crippen molar-refractivity contribution >= 4 is 23.6 Å². The smallest absolute Gasteiger partial charge is 0.242 e. The second-order valence-electron chi connectivity index (χ2n) is 7.05. The Morgan fingerprint density at radius 1 is 1.40 bits per heavy atom. The Kier molecular flexibility index (Phi) is 4.19. The minimum absolute atomic E-state index is 0.0280. The number of thioether (sulfide) groups is 1. The fourth-order valence-corrected chi connectivity index (χ4v) is 2.79. The van der Waals surface area contributed by atoms with Crippen molar-refractivity contribution in [2.45, 2.75) is 57.6 Å². The monoisotopic (exact) mass is 296 g/mol. The summed E-state index contributed by atoms with van der Waals surface area (Å²) in [6, 6.07) is 1.81. The van der Waals surface area contributed by atoms with Gasteiger partial charge in [0, 0.05) is 11.5 Å². The van der Waals surface area contributed by atoms with Crippen LogP contribution in [0.2, 0.25) is 0 Å². The highest BCUT2D eigenvalue weighted by atomic mass is 32.2. The lowest BCUT2D eigenvalue weighted by Gasteiger charge is -2.22. The lowest BCUT2D eigenvalue weighted by atomic mass is 9.92. The second kappa shape index (κ2) is 5.43. The average Bonchev–Trinajstić information content (AvgIpc) is 3.04. The van der Waals surface area contributed by atoms with Gasteiger partial charge in [0.25, 0.3) is 0 Å². The van der Waals surface area contributed by atoms with Crippen LogP contribution in [0.1, 0.15) is 53.2 Å². The lowest BCUT2D eigenvalue weighted by molar-refractivity contribution is -0.117. The molecule has 1 aromatic heterocycles. The highest BCUT2D eigenvalue weighted by Crippen LogP contribution is 2.37. The van der Waals surface area contributed by atoms with Gasteiger partial charge in [0.2, 0.25) is 11.8 Å². The molecule has 0 saturated heterocycles. The molecular formula is C15H24N2O2S. The van der Waals surface area contributed by atoms with Crippen molar-refractivity contribution in [3.05, 3.63) is 11.8 Å². The van der Waals surface area contributed by atoms with Crippen LogP contribution in [0.5, 0.6) is 0 Å². The Morgan fingerprint density at radius 2 is 2.05 bits per heavy atom. The number of amides is 1. The van der Waals surface area contributed by atoms with Crippen LogP contribution in [0.15, 0.2) is 10.6 Å². The molecule has 0 atom stereocenters. The summed E-state index contributed by atoms with van der Waals surface area (Å²) in [4.78, 5) is 12.3. The largest absolute Gasteiger partial charge is 0.338 e. The van der Waals surface area contributed by atoms with E-state index in [4.69, 9.17) is 4.52 Å². The maximum atomic E-state index is 12.3. The zero-order chi connectivity index (χ0) is 15.0. The zero-order valence-corrected chi connectivity index (χ0v) is 13.8. The molecule has 0 aromatic carbocycles. The molecule has 20 heavy (non-hydrogen) atoms. The molecule has 0 spiro atoms. The highest BCUT2D eigenvalue weighted by molar-refractivity contribution is 8.01. The first-order valence-corrected chi connectivity index (χ1v) is 8.09. The van der Waals surface area contributed by atoms with Gasteiger partial charge in [0.15, 0.2) is 0 Å². The van der Waals surface area contributed by atoms with E-state index < -0.39 is 4.75 Å². The van der Waals surface area contributed by atoms with Gasteiger partial charge in [-0.3, -0.25) is 10.1 Å². The maximum Gasteiger partial charge on any atom is 0.242 e. The zero-order valence-electron chi connectivity index (χ0n) is 12.9. The lowest BCUT2D eigenvalue weighted by Crippen LogP contribution is -2.34. The number of carbonyl (C=O) groups is 1. The third kappa shape index (κ3) is 4.01. The molecule has 1 aliphatic carbocycles. The Balaban J connectivity index is 1.94. The molecule has 1 aliphatic rings. The van der Waals surface area contributed by atoms with Crippen LogP contribution < -0.4 is 5.32 Å². The van der Waals surface area contributed by atoms with Crippen molar-refractivity contribution in [3.8, 4) is 0 Å². The Hall–Kier alpha value is -0.970. The van der Waals surface area contributed by atoms with Crippen LogP contribution in [-0.2, 0) is 10.2 Å². The summed E-state index contributed by atoms with van der Waals surface area (Å²) in [7, 11) is 0. The average molecular weight is 296 g/mol. The van der Waals surface area contributed by atoms with Gasteiger partial charge in [-0.05, 0) is 38.4 Å². The molecule has 5 heteroatoms. The quantitative estimate of drug-likeness (QED) is 0.897. The molecule has 112 valence electrons. The standard InChI is InChI=1S/C15H24N2O2S/c1-14(2,3)11-8-12(19-17-11)16-13(18)15(4,5)20-9-10-6-7-10/h8,10H,6-7,9H2,1-5H3,(H,16,18). The van der Waals surface area contributed by atoms with Crippen molar-refractivity contribution in [3.63, 3.8) is 0 Å². The van der Waals surface area contributed by atoms with E-state index >= 15 is 0 Å². The van der Waals surface area contributed by atoms with Crippen LogP contribution >= 0.6 is 11.8 Å². The number of aromatic nitrogens is 1. The molecular weight excluding hydrogens is 272 g/mol. The third-order valence-electron chi connectivity index (χ3n) is 3.44. The SMILES string of the molecule is CC(C)(SCC1CC1)C(=O)Nc1cc(C(C)(C)C)no1. The van der Waals surface area contributed by atoms with Gasteiger partial charge in [-0.2, -0.15) is 0 Å². The molecule has 0 bridgehead atoms. The summed E-state index contributed by atoms with van der Waals surface area (Å²) in [5.74, 6) is 2.27. The van der Waals surface area contributed by atoms with Gasteiger partial charge in [-0.1, -0.05) is 25.9 Å². The van der Waals surface area contributed by atoms with E-state index in [0.29, 0.717) is 5.88 Å². The number of carbonyl (C=O) groups excluding carboxylic acids is 1. The summed E-state index contributed by atoms with van der Waals surface area (Å²) in [6.07, 6.45) is 2.61. The van der Waals surface area contributed by atoms with Crippen LogP contribution in [0, 0.1) is 5.92 Å². The molecule has 4 nitrogen and oxygen atoms in total. The normalized spacial score (nSPS) is 16.2. The van der Waals surface area contributed by atoms with Crippen LogP contribution in [0.4, 0.5) is 5.88 Å². The molecule has 1 fully saturated rings. The summed E-state index contributed by atoms with van der Waals surface area (Å²) < 4.78 is 4.76. The topological polar surface area (TPSA) is 55.1 Å². The summed E-state index contributed by atoms with van der Waals surface area (Å²) in [5.41, 5.74) is 0.763. The summed E-state index contributed by atoms with van der Waals surface area (Å²) in [5, 5.41) is 6.84. The summed E-state index contributed by atoms with van der Waals surface area (Å²) in [6.45, 7) is 10.1. The minimum Gasteiger partial charge on any atom is -0.338 e. The second-order valence-corrected chi connectivity index (χ2v) is 8.69. The predicted molar refractivity (Wildman–Crippen MR) is 83.1 cm³/mol. The minimum atomic E-state index is -0.447. The third-order valence-corrected chi connectivity index (χ3v) is 4.98. The molecule has 0 radical (unpaired) electrons. The number of anilines is 1. The molecule has 0 unspecified atom stereocenters. The van der Waals surface area contributed by atoms with Gasteiger partial charge < -0.3 is 4.52 Å². The van der Waals surface area contributed by atoms with E-state index in [0.717, 1.165) is 17.4 Å². The van der Waals surface area contributed by atoms with Gasteiger partial charge >= 0.3 is 0 Å². The van der Waals surface area contributed by atoms with Crippen molar-refractivity contribution in [1.29, 1.82) is 0 Å². The molecule has 1 aromatic rings. The van der Waals surface area contributed by atoms with Crippen LogP contribution in [0.3, 0.4) is 0 Å². The number of rotatable bonds is 5. The molecule has 1 saturated carbocycles. The van der Waals surface area contributed by atoms with Crippen molar-refractivity contribution in [2.75, 3.05) is 11.1 Å². The van der Waals surface area contributed by atoms with Crippen LogP contribution in [-0.4, -0.2) is 21.6 Å². The predicted octanol–water partition coefficient (Wildman–Crippen LogP) is 3.83. The van der Waals surface area contributed by atoms with E-state index in [2.05, 4.69) is 31.2 Å². The van der Waals surface area contributed by atoms with Gasteiger partial charge in [0.05, 0.1) is 10.4 Å². The summed E-state index contributed by atoms with van der Waals surface area (Å²) >= 11 is 1.71. The number of hydrogen-bond donors (Lipinski definition) is 1. The Bertz CT molecular complexity index is 484. The van der Waals surface area contributed by atoms with E-state index in [9.17, 15) is 4.79 Å². The van der Waals surface area contributed by atoms with Gasteiger partial charge in [0.1, 0.15) is 0 Å². The first-order chi connectivity index (χ1) is 9.18. The van der Waals surface area contributed by atoms with Gasteiger partial charge in [-0.25, -0.2) is 0 Å². The molecule has 1 N–H and O–H groups in total. The van der Waals surface area contributed by atoms with E-state index in [1.807, 2.05) is 13.8 Å². The van der Waals surface area contributed by atoms with E-state index in [1.165, 1.54) is 12.8 Å². The Morgan fingerprint density at radius 3 is 2.55 bits per heavy atom. The number of nitrogens with one attached hydrogen (secondary N) is 1. The molecule has 2 rings (SSSR count). The first-order valence-electron chi connectivity index (χ1n) is 7.11. The number of nitrogens with zero attached hydrogens (tertiary/aromatic N) is 1. The Labute approximate surface area is 125 Å². The van der Waals surface area contributed by atoms with E-state index in [1.54, 1.807) is 17.8 Å². The van der Waals surface area contributed by atoms with Crippen molar-refractivity contribution < 1.29 is 9.32 Å².